The molecular weight excluding hydrogens is 106 g/mol. The van der Waals surface area contributed by atoms with Gasteiger partial charge in [0.1, 0.15) is 0 Å². The molecule has 0 fully saturated rings. The molecule has 0 saturated heterocycles. The fraction of sp³-hybridized carbons (Fsp3) is 1.00. The average Bonchev–Trinajstić information content (AvgIpc) is 1.66. The van der Waals surface area contributed by atoms with Crippen molar-refractivity contribution in [3.8, 4) is 0 Å². The smallest absolute Gasteiger partial charge is 0.0672 e. The van der Waals surface area contributed by atoms with Gasteiger partial charge >= 0.3 is 0 Å². The maximum atomic E-state index is 10.0. The molecule has 0 heterocycles. The zero-order valence-electron chi connectivity index (χ0n) is 5.39. The highest BCUT2D eigenvalue weighted by Crippen LogP contribution is 1.88. The van der Waals surface area contributed by atoms with Crippen molar-refractivity contribution in [1.82, 2.24) is 5.23 Å². The lowest BCUT2D eigenvalue weighted by molar-refractivity contribution is -0.101. The second-order valence-corrected chi connectivity index (χ2v) is 1.63. The zero-order chi connectivity index (χ0) is 6.41. The highest BCUT2D eigenvalue weighted by Gasteiger charge is 1.81. The van der Waals surface area contributed by atoms with Crippen LogP contribution in [0, 0.1) is 5.21 Å². The maximum Gasteiger partial charge on any atom is 0.0672 e. The van der Waals surface area contributed by atoms with Gasteiger partial charge in [0.25, 0.3) is 0 Å². The molecular formula is C5H12NO2-. The van der Waals surface area contributed by atoms with Crippen LogP contribution in [0.4, 0.5) is 0 Å². The normalized spacial score (nSPS) is 10.5. The molecule has 0 bridgehead atoms. The first-order valence-electron chi connectivity index (χ1n) is 2.81. The van der Waals surface area contributed by atoms with E-state index in [1.54, 1.807) is 0 Å². The molecule has 0 aliphatic rings. The molecule has 0 unspecified atom stereocenters. The van der Waals surface area contributed by atoms with E-state index >= 15 is 0 Å². The highest BCUT2D eigenvalue weighted by molar-refractivity contribution is 4.30. The summed E-state index contributed by atoms with van der Waals surface area (Å²) in [6, 6.07) is 0. The molecule has 3 heteroatoms. The molecule has 0 amide bonds. The Labute approximate surface area is 49.8 Å². The monoisotopic (exact) mass is 118 g/mol. The Balaban J connectivity index is 2.72. The topological polar surface area (TPSA) is 35.5 Å². The summed E-state index contributed by atoms with van der Waals surface area (Å²) in [4.78, 5) is 4.56. The number of rotatable bonds is 4. The van der Waals surface area contributed by atoms with E-state index in [0.29, 0.717) is 11.8 Å². The van der Waals surface area contributed by atoms with Gasteiger partial charge in [-0.15, -0.1) is 0 Å². The minimum absolute atomic E-state index is 0.482. The molecule has 0 radical (unpaired) electrons. The highest BCUT2D eigenvalue weighted by atomic mass is 16.9. The van der Waals surface area contributed by atoms with Crippen LogP contribution in [-0.4, -0.2) is 18.9 Å². The molecule has 0 N–H and O–H groups in total. The van der Waals surface area contributed by atoms with Gasteiger partial charge in [-0.2, -0.15) is 0 Å². The van der Waals surface area contributed by atoms with Gasteiger partial charge < -0.3 is 10.0 Å². The van der Waals surface area contributed by atoms with Gasteiger partial charge in [0, 0.05) is 0 Å². The van der Waals surface area contributed by atoms with Crippen molar-refractivity contribution in [3.63, 3.8) is 0 Å². The van der Waals surface area contributed by atoms with Crippen molar-refractivity contribution in [1.29, 1.82) is 0 Å². The van der Waals surface area contributed by atoms with E-state index in [2.05, 4.69) is 4.84 Å². The number of nitrogens with zero attached hydrogens (tertiary/aromatic N) is 1. The van der Waals surface area contributed by atoms with Gasteiger partial charge in [-0.05, 0) is 13.5 Å². The Hall–Kier alpha value is -0.120. The predicted octanol–water partition coefficient (Wildman–Crippen LogP) is 1.15. The molecule has 0 rings (SSSR count). The quantitative estimate of drug-likeness (QED) is 0.410. The Morgan fingerprint density at radius 1 is 1.62 bits per heavy atom. The van der Waals surface area contributed by atoms with Gasteiger partial charge in [0.15, 0.2) is 0 Å². The van der Waals surface area contributed by atoms with Gasteiger partial charge in [-0.25, -0.2) is 0 Å². The van der Waals surface area contributed by atoms with Crippen LogP contribution < -0.4 is 0 Å². The van der Waals surface area contributed by atoms with Gasteiger partial charge in [-0.1, -0.05) is 13.3 Å². The lowest BCUT2D eigenvalue weighted by Gasteiger charge is -2.20. The minimum Gasteiger partial charge on any atom is -0.762 e. The molecule has 8 heavy (non-hydrogen) atoms. The molecule has 0 aromatic carbocycles. The van der Waals surface area contributed by atoms with E-state index < -0.39 is 0 Å². The van der Waals surface area contributed by atoms with E-state index in [4.69, 9.17) is 0 Å². The largest absolute Gasteiger partial charge is 0.762 e. The van der Waals surface area contributed by atoms with Crippen molar-refractivity contribution >= 4 is 0 Å². The Kier molecular flexibility index (Phi) is 4.95. The summed E-state index contributed by atoms with van der Waals surface area (Å²) in [5.41, 5.74) is 0. The van der Waals surface area contributed by atoms with Crippen LogP contribution in [0.1, 0.15) is 19.8 Å². The number of hydrogen-bond acceptors (Lipinski definition) is 3. The van der Waals surface area contributed by atoms with Crippen LogP contribution in [0.2, 0.25) is 0 Å². The summed E-state index contributed by atoms with van der Waals surface area (Å²) < 4.78 is 0. The van der Waals surface area contributed by atoms with Gasteiger partial charge in [0.2, 0.25) is 0 Å². The van der Waals surface area contributed by atoms with Crippen molar-refractivity contribution in [2.24, 2.45) is 0 Å². The van der Waals surface area contributed by atoms with Gasteiger partial charge in [-0.3, -0.25) is 5.23 Å². The third-order valence-electron chi connectivity index (χ3n) is 0.771. The molecule has 0 aliphatic heterocycles. The Morgan fingerprint density at radius 3 is 2.62 bits per heavy atom. The second-order valence-electron chi connectivity index (χ2n) is 1.63. The van der Waals surface area contributed by atoms with E-state index in [0.717, 1.165) is 12.8 Å². The second kappa shape index (κ2) is 5.03. The summed E-state index contributed by atoms with van der Waals surface area (Å²) in [6.45, 7) is 2.59. The summed E-state index contributed by atoms with van der Waals surface area (Å²) in [5.74, 6) is 0. The minimum atomic E-state index is 0.482. The van der Waals surface area contributed by atoms with Crippen LogP contribution in [-0.2, 0) is 4.84 Å². The molecule has 0 aromatic rings. The molecule has 50 valence electrons. The van der Waals surface area contributed by atoms with Crippen molar-refractivity contribution in [3.05, 3.63) is 5.21 Å². The summed E-state index contributed by atoms with van der Waals surface area (Å²) >= 11 is 0. The molecule has 3 nitrogen and oxygen atoms in total. The third kappa shape index (κ3) is 5.88. The van der Waals surface area contributed by atoms with Crippen LogP contribution in [0.15, 0.2) is 0 Å². The molecule has 0 saturated carbocycles. The maximum absolute atomic E-state index is 10.0. The zero-order valence-corrected chi connectivity index (χ0v) is 5.39. The first-order valence-corrected chi connectivity index (χ1v) is 2.81. The predicted molar refractivity (Wildman–Crippen MR) is 32.0 cm³/mol. The summed E-state index contributed by atoms with van der Waals surface area (Å²) in [5, 5.41) is 10.5. The summed E-state index contributed by atoms with van der Waals surface area (Å²) in [6.07, 6.45) is 2.01. The summed E-state index contributed by atoms with van der Waals surface area (Å²) in [7, 11) is 1.34. The third-order valence-corrected chi connectivity index (χ3v) is 0.771. The molecule has 0 aliphatic carbocycles. The van der Waals surface area contributed by atoms with Crippen molar-refractivity contribution in [2.45, 2.75) is 19.8 Å². The molecule has 0 spiro atoms. The first kappa shape index (κ1) is 7.88. The first-order chi connectivity index (χ1) is 3.77. The standard InChI is InChI=1S/C5H12NO2/c1-3-4-5-8-6(2)7/h3-5H2,1-2H3/q-1. The Bertz CT molecular complexity index is 47.7. The van der Waals surface area contributed by atoms with Gasteiger partial charge in [0.05, 0.1) is 6.61 Å². The number of hydrogen-bond donors (Lipinski definition) is 0. The molecule has 0 aromatic heterocycles. The van der Waals surface area contributed by atoms with E-state index in [9.17, 15) is 5.21 Å². The van der Waals surface area contributed by atoms with Crippen LogP contribution in [0.3, 0.4) is 0 Å². The fourth-order valence-corrected chi connectivity index (χ4v) is 0.337. The van der Waals surface area contributed by atoms with E-state index in [1.165, 1.54) is 7.05 Å². The average molecular weight is 118 g/mol. The van der Waals surface area contributed by atoms with Crippen LogP contribution in [0.5, 0.6) is 0 Å². The van der Waals surface area contributed by atoms with E-state index in [1.807, 2.05) is 6.92 Å². The fourth-order valence-electron chi connectivity index (χ4n) is 0.337. The van der Waals surface area contributed by atoms with Crippen LogP contribution in [0.25, 0.3) is 0 Å². The number of unbranched alkanes of at least 4 members (excludes halogenated alkanes) is 1. The lowest BCUT2D eigenvalue weighted by Crippen LogP contribution is -2.10. The number of hydroxylamine groups is 2. The van der Waals surface area contributed by atoms with E-state index in [-0.39, 0.29) is 0 Å². The van der Waals surface area contributed by atoms with Crippen LogP contribution >= 0.6 is 0 Å². The SMILES string of the molecule is CCCCON(C)[O-]. The Morgan fingerprint density at radius 2 is 2.25 bits per heavy atom. The lowest BCUT2D eigenvalue weighted by atomic mass is 10.4. The molecule has 0 atom stereocenters. The van der Waals surface area contributed by atoms with Crippen molar-refractivity contribution < 1.29 is 4.84 Å². The van der Waals surface area contributed by atoms with Crippen molar-refractivity contribution in [2.75, 3.05) is 13.7 Å².